The van der Waals surface area contributed by atoms with Crippen molar-refractivity contribution in [3.8, 4) is 22.6 Å². The highest BCUT2D eigenvalue weighted by molar-refractivity contribution is 6.35. The Morgan fingerprint density at radius 1 is 1.20 bits per heavy atom. The van der Waals surface area contributed by atoms with Gasteiger partial charge in [0.25, 0.3) is 5.56 Å². The normalized spacial score (nSPS) is 15.8. The van der Waals surface area contributed by atoms with Crippen LogP contribution in [0.25, 0.3) is 22.2 Å². The van der Waals surface area contributed by atoms with Crippen LogP contribution < -0.4 is 25.7 Å². The number of ether oxygens (including phenoxy) is 3. The molecule has 12 heteroatoms. The number of nitrogens with one attached hydrogen (secondary N) is 2. The number of aromatic nitrogens is 3. The van der Waals surface area contributed by atoms with Gasteiger partial charge in [0.1, 0.15) is 17.1 Å². The molecule has 2 aliphatic heterocycles. The highest BCUT2D eigenvalue weighted by Crippen LogP contribution is 2.38. The molecule has 2 N–H and O–H groups in total. The zero-order valence-electron chi connectivity index (χ0n) is 22.6. The summed E-state index contributed by atoms with van der Waals surface area (Å²) >= 11 is 6.67. The third-order valence-electron chi connectivity index (χ3n) is 7.26. The van der Waals surface area contributed by atoms with Crippen LogP contribution in [0.2, 0.25) is 5.02 Å². The summed E-state index contributed by atoms with van der Waals surface area (Å²) in [7, 11) is 3.06. The molecule has 11 nitrogen and oxygen atoms in total. The number of pyridine rings is 1. The molecule has 3 aromatic rings. The number of fused-ring (bicyclic) bond motifs is 1. The highest BCUT2D eigenvalue weighted by Gasteiger charge is 2.27. The number of amides is 1. The van der Waals surface area contributed by atoms with Crippen molar-refractivity contribution in [2.24, 2.45) is 5.92 Å². The molecule has 40 heavy (non-hydrogen) atoms. The number of methoxy groups -OCH3 is 2. The summed E-state index contributed by atoms with van der Waals surface area (Å²) in [4.78, 5) is 37.0. The molecule has 1 aromatic carbocycles. The summed E-state index contributed by atoms with van der Waals surface area (Å²) in [6.07, 6.45) is 3.94. The number of nitrogens with zero attached hydrogens (tertiary/aromatic N) is 4. The lowest BCUT2D eigenvalue weighted by Gasteiger charge is -2.39. The number of hydrogen-bond donors (Lipinski definition) is 2. The Kier molecular flexibility index (Phi) is 8.53. The molecule has 5 rings (SSSR count). The predicted molar refractivity (Wildman–Crippen MR) is 153 cm³/mol. The van der Waals surface area contributed by atoms with E-state index in [1.54, 1.807) is 36.1 Å². The van der Waals surface area contributed by atoms with Crippen molar-refractivity contribution in [3.63, 3.8) is 0 Å². The number of carbonyl (C=O) groups is 1. The zero-order valence-corrected chi connectivity index (χ0v) is 23.4. The van der Waals surface area contributed by atoms with Crippen LogP contribution in [-0.4, -0.2) is 85.0 Å². The Hall–Kier alpha value is -3.67. The van der Waals surface area contributed by atoms with E-state index < -0.39 is 0 Å². The number of halogens is 1. The van der Waals surface area contributed by atoms with E-state index in [0.717, 1.165) is 19.6 Å². The van der Waals surface area contributed by atoms with Gasteiger partial charge in [-0.3, -0.25) is 19.1 Å². The van der Waals surface area contributed by atoms with Gasteiger partial charge in [0.15, 0.2) is 0 Å². The average Bonchev–Trinajstić information content (AvgIpc) is 2.92. The Morgan fingerprint density at radius 3 is 2.67 bits per heavy atom. The molecule has 0 radical (unpaired) electrons. The summed E-state index contributed by atoms with van der Waals surface area (Å²) in [5.41, 5.74) is 1.18. The van der Waals surface area contributed by atoms with Crippen LogP contribution >= 0.6 is 11.6 Å². The van der Waals surface area contributed by atoms with Gasteiger partial charge in [0, 0.05) is 67.4 Å². The number of likely N-dealkylation sites (tertiary alicyclic amines) is 1. The summed E-state index contributed by atoms with van der Waals surface area (Å²) in [5.74, 6) is 1.75. The molecule has 0 atom stereocenters. The van der Waals surface area contributed by atoms with E-state index in [0.29, 0.717) is 83.3 Å². The van der Waals surface area contributed by atoms with Gasteiger partial charge in [-0.05, 0) is 24.6 Å². The second-order valence-corrected chi connectivity index (χ2v) is 10.3. The molecule has 2 fully saturated rings. The summed E-state index contributed by atoms with van der Waals surface area (Å²) in [5, 5.41) is 7.19. The Balaban J connectivity index is 1.47. The van der Waals surface area contributed by atoms with Crippen molar-refractivity contribution in [2.45, 2.75) is 19.0 Å². The molecule has 212 valence electrons. The van der Waals surface area contributed by atoms with Crippen molar-refractivity contribution in [2.75, 3.05) is 58.9 Å². The number of carbonyl (C=O) groups excluding carboxylic acids is 1. The van der Waals surface area contributed by atoms with E-state index in [2.05, 4.69) is 27.1 Å². The first-order valence-electron chi connectivity index (χ1n) is 13.2. The average molecular weight is 569 g/mol. The molecule has 0 aliphatic carbocycles. The van der Waals surface area contributed by atoms with Crippen molar-refractivity contribution >= 4 is 34.5 Å². The maximum Gasteiger partial charge on any atom is 0.260 e. The standard InChI is InChI=1S/C28H33ClN6O5/c1-4-24(36)32-19-13-34(14-19)7-8-35-26-18(12-31-28(33-26)30-6-5-17-15-40-16-17)9-22(27(35)37)21-10-20(38-2)11-23(39-3)25(21)29/h4,9-12,17,19H,1,5-8,13-16H2,2-3H3,(H,32,36)(H,30,31,33). The molecule has 2 aliphatic rings. The lowest BCUT2D eigenvalue weighted by Crippen LogP contribution is -2.59. The topological polar surface area (TPSA) is 120 Å². The molecule has 4 heterocycles. The highest BCUT2D eigenvalue weighted by atomic mass is 35.5. The summed E-state index contributed by atoms with van der Waals surface area (Å²) in [6, 6.07) is 5.22. The third-order valence-corrected chi connectivity index (χ3v) is 7.65. The first-order chi connectivity index (χ1) is 19.4. The first kappa shape index (κ1) is 27.9. The van der Waals surface area contributed by atoms with Gasteiger partial charge >= 0.3 is 0 Å². The maximum atomic E-state index is 14.0. The lowest BCUT2D eigenvalue weighted by molar-refractivity contribution is -0.118. The van der Waals surface area contributed by atoms with Crippen molar-refractivity contribution < 1.29 is 19.0 Å². The van der Waals surface area contributed by atoms with E-state index >= 15 is 0 Å². The van der Waals surface area contributed by atoms with Crippen LogP contribution in [0.15, 0.2) is 41.8 Å². The molecule has 0 saturated carbocycles. The van der Waals surface area contributed by atoms with Crippen LogP contribution in [0.4, 0.5) is 5.95 Å². The molecular formula is C28H33ClN6O5. The van der Waals surface area contributed by atoms with Gasteiger partial charge in [0.2, 0.25) is 11.9 Å². The maximum absolute atomic E-state index is 14.0. The largest absolute Gasteiger partial charge is 0.497 e. The Bertz CT molecular complexity index is 1470. The van der Waals surface area contributed by atoms with Crippen LogP contribution in [0, 0.1) is 5.92 Å². The van der Waals surface area contributed by atoms with Crippen LogP contribution in [-0.2, 0) is 16.1 Å². The summed E-state index contributed by atoms with van der Waals surface area (Å²) in [6.45, 7) is 8.16. The second kappa shape index (κ2) is 12.2. The lowest BCUT2D eigenvalue weighted by atomic mass is 10.0. The molecule has 2 saturated heterocycles. The van der Waals surface area contributed by atoms with Gasteiger partial charge in [-0.1, -0.05) is 18.2 Å². The van der Waals surface area contributed by atoms with Crippen molar-refractivity contribution in [3.05, 3.63) is 52.4 Å². The van der Waals surface area contributed by atoms with E-state index in [1.807, 2.05) is 0 Å². The fourth-order valence-electron chi connectivity index (χ4n) is 4.86. The predicted octanol–water partition coefficient (Wildman–Crippen LogP) is 2.56. The van der Waals surface area contributed by atoms with Crippen LogP contribution in [0.1, 0.15) is 6.42 Å². The smallest absolute Gasteiger partial charge is 0.260 e. The molecule has 0 bridgehead atoms. The quantitative estimate of drug-likeness (QED) is 0.318. The van der Waals surface area contributed by atoms with E-state index in [-0.39, 0.29) is 17.5 Å². The summed E-state index contributed by atoms with van der Waals surface area (Å²) < 4.78 is 17.8. The van der Waals surface area contributed by atoms with Gasteiger partial charge in [0.05, 0.1) is 38.5 Å². The van der Waals surface area contributed by atoms with E-state index in [9.17, 15) is 9.59 Å². The minimum Gasteiger partial charge on any atom is -0.497 e. The Morgan fingerprint density at radius 2 is 2.00 bits per heavy atom. The van der Waals surface area contributed by atoms with E-state index in [4.69, 9.17) is 30.8 Å². The van der Waals surface area contributed by atoms with Crippen LogP contribution in [0.3, 0.4) is 0 Å². The fraction of sp³-hybridized carbons (Fsp3) is 0.429. The molecule has 1 amide bonds. The van der Waals surface area contributed by atoms with Gasteiger partial charge in [-0.2, -0.15) is 4.98 Å². The minimum atomic E-state index is -0.238. The number of hydrogen-bond acceptors (Lipinski definition) is 9. The molecule has 0 spiro atoms. The van der Waals surface area contributed by atoms with Gasteiger partial charge < -0.3 is 24.8 Å². The third kappa shape index (κ3) is 5.91. The van der Waals surface area contributed by atoms with Gasteiger partial charge in [-0.15, -0.1) is 0 Å². The van der Waals surface area contributed by atoms with Crippen molar-refractivity contribution in [1.82, 2.24) is 24.8 Å². The molecule has 0 unspecified atom stereocenters. The first-order valence-corrected chi connectivity index (χ1v) is 13.6. The Labute approximate surface area is 237 Å². The minimum absolute atomic E-state index is 0.0625. The van der Waals surface area contributed by atoms with Crippen molar-refractivity contribution in [1.29, 1.82) is 0 Å². The number of rotatable bonds is 12. The van der Waals surface area contributed by atoms with Gasteiger partial charge in [-0.25, -0.2) is 4.98 Å². The van der Waals surface area contributed by atoms with E-state index in [1.165, 1.54) is 13.2 Å². The number of benzene rings is 1. The number of anilines is 1. The second-order valence-electron chi connectivity index (χ2n) is 9.97. The molecular weight excluding hydrogens is 536 g/mol. The molecule has 2 aromatic heterocycles. The van der Waals surface area contributed by atoms with Crippen LogP contribution in [0.5, 0.6) is 11.5 Å². The zero-order chi connectivity index (χ0) is 28.2. The SMILES string of the molecule is C=CC(=O)NC1CN(CCn2c(=O)c(-c3cc(OC)cc(OC)c3Cl)cc3cnc(NCCC4COC4)nc32)C1. The fourth-order valence-corrected chi connectivity index (χ4v) is 5.15. The monoisotopic (exact) mass is 568 g/mol.